The summed E-state index contributed by atoms with van der Waals surface area (Å²) in [5.74, 6) is 0. The highest BCUT2D eigenvalue weighted by Crippen LogP contribution is 2.34. The van der Waals surface area contributed by atoms with Crippen LogP contribution in [0.5, 0.6) is 0 Å². The minimum atomic E-state index is -3.25. The van der Waals surface area contributed by atoms with Crippen molar-refractivity contribution in [3.63, 3.8) is 0 Å². The van der Waals surface area contributed by atoms with Crippen molar-refractivity contribution in [1.29, 1.82) is 0 Å². The summed E-state index contributed by atoms with van der Waals surface area (Å²) < 4.78 is 26.0. The van der Waals surface area contributed by atoms with Gasteiger partial charge in [-0.05, 0) is 0 Å². The van der Waals surface area contributed by atoms with Crippen molar-refractivity contribution >= 4 is 16.5 Å². The van der Waals surface area contributed by atoms with Crippen LogP contribution in [-0.4, -0.2) is 10.2 Å². The van der Waals surface area contributed by atoms with E-state index in [0.717, 1.165) is 0 Å². The van der Waals surface area contributed by atoms with Gasteiger partial charge in [0, 0.05) is 0 Å². The molecule has 0 saturated heterocycles. The molecule has 0 radical (unpaired) electrons. The first-order chi connectivity index (χ1) is 3.66. The highest BCUT2D eigenvalue weighted by Gasteiger charge is 1.99. The van der Waals surface area contributed by atoms with Crippen molar-refractivity contribution in [2.75, 3.05) is 0 Å². The van der Waals surface area contributed by atoms with Crippen molar-refractivity contribution in [2.45, 2.75) is 0 Å². The van der Waals surface area contributed by atoms with Crippen LogP contribution in [0.15, 0.2) is 0 Å². The zero-order valence-corrected chi connectivity index (χ0v) is 5.53. The predicted molar refractivity (Wildman–Crippen MR) is 25.0 cm³/mol. The number of hydrogen-bond donors (Lipinski definition) is 2. The molecular formula is H4O6P2. The summed E-state index contributed by atoms with van der Waals surface area (Å²) in [6, 6.07) is 0. The van der Waals surface area contributed by atoms with Crippen molar-refractivity contribution in [2.24, 2.45) is 0 Å². The maximum absolute atomic E-state index is 9.78. The molecule has 8 heteroatoms. The van der Waals surface area contributed by atoms with E-state index in [1.54, 1.807) is 0 Å². The van der Waals surface area contributed by atoms with Crippen LogP contribution in [0, 0.1) is 0 Å². The highest BCUT2D eigenvalue weighted by molar-refractivity contribution is 7.46. The van der Waals surface area contributed by atoms with E-state index in [2.05, 4.69) is 8.99 Å². The SMILES string of the molecule is O=[PH](O)O[PH](=O)OO. The summed E-state index contributed by atoms with van der Waals surface area (Å²) in [4.78, 5) is 7.81. The van der Waals surface area contributed by atoms with E-state index in [1.807, 2.05) is 0 Å². The lowest BCUT2D eigenvalue weighted by Crippen LogP contribution is -1.67. The maximum atomic E-state index is 9.78. The summed E-state index contributed by atoms with van der Waals surface area (Å²) in [6.07, 6.45) is 0. The van der Waals surface area contributed by atoms with Gasteiger partial charge >= 0.3 is 16.5 Å². The van der Waals surface area contributed by atoms with E-state index in [4.69, 9.17) is 10.2 Å². The normalized spacial score (nSPS) is 17.8. The Hall–Kier alpha value is 0.300. The van der Waals surface area contributed by atoms with Gasteiger partial charge in [-0.3, -0.25) is 9.13 Å². The Morgan fingerprint density at radius 3 is 2.00 bits per heavy atom. The van der Waals surface area contributed by atoms with Crippen LogP contribution in [0.3, 0.4) is 0 Å². The second-order valence-corrected chi connectivity index (χ2v) is 2.74. The third-order valence-corrected chi connectivity index (χ3v) is 1.76. The van der Waals surface area contributed by atoms with Crippen molar-refractivity contribution < 1.29 is 28.3 Å². The average Bonchev–Trinajstić information content (AvgIpc) is 1.65. The number of hydrogen-bond acceptors (Lipinski definition) is 5. The highest BCUT2D eigenvalue weighted by atomic mass is 31.2. The fraction of sp³-hybridized carbons (Fsp3) is 0. The molecule has 0 heterocycles. The van der Waals surface area contributed by atoms with E-state index in [0.29, 0.717) is 0 Å². The summed E-state index contributed by atoms with van der Waals surface area (Å²) in [5.41, 5.74) is 0. The minimum Gasteiger partial charge on any atom is -0.326 e. The molecule has 2 atom stereocenters. The Balaban J connectivity index is 3.40. The van der Waals surface area contributed by atoms with Gasteiger partial charge < -0.3 is 4.89 Å². The van der Waals surface area contributed by atoms with Crippen LogP contribution in [-0.2, 0) is 18.1 Å². The van der Waals surface area contributed by atoms with E-state index >= 15 is 0 Å². The Morgan fingerprint density at radius 2 is 1.88 bits per heavy atom. The Labute approximate surface area is 45.9 Å². The largest absolute Gasteiger partial charge is 0.353 e. The van der Waals surface area contributed by atoms with Crippen molar-refractivity contribution in [3.8, 4) is 0 Å². The average molecular weight is 162 g/mol. The summed E-state index contributed by atoms with van der Waals surface area (Å²) in [7, 11) is -6.39. The van der Waals surface area contributed by atoms with Gasteiger partial charge in [-0.15, -0.1) is 0 Å². The zero-order chi connectivity index (χ0) is 6.57. The summed E-state index contributed by atoms with van der Waals surface area (Å²) in [6.45, 7) is 0. The molecule has 0 aliphatic carbocycles. The molecular weight excluding hydrogens is 158 g/mol. The predicted octanol–water partition coefficient (Wildman–Crippen LogP) is 0.264. The fourth-order valence-electron chi connectivity index (χ4n) is 0.0899. The van der Waals surface area contributed by atoms with Gasteiger partial charge in [0.15, 0.2) is 0 Å². The van der Waals surface area contributed by atoms with Gasteiger partial charge in [0.05, 0.1) is 0 Å². The van der Waals surface area contributed by atoms with Crippen LogP contribution in [0.4, 0.5) is 0 Å². The van der Waals surface area contributed by atoms with E-state index < -0.39 is 16.5 Å². The van der Waals surface area contributed by atoms with Crippen LogP contribution >= 0.6 is 16.5 Å². The lowest BCUT2D eigenvalue weighted by molar-refractivity contribution is -0.137. The molecule has 6 nitrogen and oxygen atoms in total. The summed E-state index contributed by atoms with van der Waals surface area (Å²) in [5, 5.41) is 7.46. The fourth-order valence-corrected chi connectivity index (χ4v) is 0.809. The Bertz CT molecular complexity index is 105. The first-order valence-corrected chi connectivity index (χ1v) is 3.92. The molecule has 8 heavy (non-hydrogen) atoms. The second kappa shape index (κ2) is 4.21. The molecule has 0 bridgehead atoms. The quantitative estimate of drug-likeness (QED) is 0.351. The lowest BCUT2D eigenvalue weighted by atomic mass is 15.0. The zero-order valence-electron chi connectivity index (χ0n) is 3.53. The van der Waals surface area contributed by atoms with Crippen LogP contribution in [0.2, 0.25) is 0 Å². The molecule has 0 rings (SSSR count). The molecule has 2 unspecified atom stereocenters. The van der Waals surface area contributed by atoms with E-state index in [9.17, 15) is 9.13 Å². The van der Waals surface area contributed by atoms with Crippen molar-refractivity contribution in [1.82, 2.24) is 0 Å². The van der Waals surface area contributed by atoms with Crippen molar-refractivity contribution in [3.05, 3.63) is 0 Å². The monoisotopic (exact) mass is 162 g/mol. The van der Waals surface area contributed by atoms with Gasteiger partial charge in [-0.2, -0.15) is 4.67 Å². The van der Waals surface area contributed by atoms with Gasteiger partial charge in [0.25, 0.3) is 0 Å². The molecule has 0 aromatic heterocycles. The molecule has 0 amide bonds. The maximum Gasteiger partial charge on any atom is 0.353 e. The van der Waals surface area contributed by atoms with Gasteiger partial charge in [-0.25, -0.2) is 9.57 Å². The first-order valence-electron chi connectivity index (χ1n) is 1.43. The van der Waals surface area contributed by atoms with Crippen LogP contribution in [0.1, 0.15) is 0 Å². The molecule has 0 fully saturated rings. The smallest absolute Gasteiger partial charge is 0.326 e. The van der Waals surface area contributed by atoms with E-state index in [-0.39, 0.29) is 0 Å². The van der Waals surface area contributed by atoms with Crippen LogP contribution in [0.25, 0.3) is 0 Å². The molecule has 2 N–H and O–H groups in total. The molecule has 0 saturated carbocycles. The molecule has 0 aliphatic rings. The standard InChI is InChI=1S/H4O6P2/c1-5-8(4)6-7(2)3/h1,7-8H,(H,2,3). The third kappa shape index (κ3) is 4.46. The first kappa shape index (κ1) is 8.30. The minimum absolute atomic E-state index is 3.05. The molecule has 0 spiro atoms. The Morgan fingerprint density at radius 1 is 1.38 bits per heavy atom. The van der Waals surface area contributed by atoms with Crippen LogP contribution < -0.4 is 0 Å². The molecule has 0 aromatic rings. The lowest BCUT2D eigenvalue weighted by Gasteiger charge is -1.91. The molecule has 50 valence electrons. The number of rotatable bonds is 3. The topological polar surface area (TPSA) is 93.1 Å². The Kier molecular flexibility index (Phi) is 4.36. The van der Waals surface area contributed by atoms with Gasteiger partial charge in [0.2, 0.25) is 0 Å². The second-order valence-electron chi connectivity index (χ2n) is 0.709. The summed E-state index contributed by atoms with van der Waals surface area (Å²) >= 11 is 0. The van der Waals surface area contributed by atoms with Gasteiger partial charge in [-0.1, -0.05) is 0 Å². The third-order valence-electron chi connectivity index (χ3n) is 0.245. The molecule has 0 aromatic carbocycles. The van der Waals surface area contributed by atoms with E-state index in [1.165, 1.54) is 0 Å². The molecule has 0 aliphatic heterocycles. The van der Waals surface area contributed by atoms with Gasteiger partial charge in [0.1, 0.15) is 0 Å².